The summed E-state index contributed by atoms with van der Waals surface area (Å²) >= 11 is 0. The first-order chi connectivity index (χ1) is 8.99. The molecule has 0 atom stereocenters. The van der Waals surface area contributed by atoms with Gasteiger partial charge < -0.3 is 4.90 Å². The lowest BCUT2D eigenvalue weighted by Gasteiger charge is -2.29. The van der Waals surface area contributed by atoms with Crippen molar-refractivity contribution >= 4 is 11.7 Å². The van der Waals surface area contributed by atoms with E-state index in [4.69, 9.17) is 0 Å². The van der Waals surface area contributed by atoms with E-state index in [9.17, 15) is 14.0 Å². The van der Waals surface area contributed by atoms with Crippen molar-refractivity contribution in [1.29, 1.82) is 0 Å². The van der Waals surface area contributed by atoms with Gasteiger partial charge >= 0.3 is 0 Å². The van der Waals surface area contributed by atoms with E-state index in [1.54, 1.807) is 11.8 Å². The first-order valence-corrected chi connectivity index (χ1v) is 6.59. The van der Waals surface area contributed by atoms with Crippen LogP contribution in [0.15, 0.2) is 18.2 Å². The third-order valence-corrected chi connectivity index (χ3v) is 3.69. The molecule has 1 aromatic carbocycles. The highest BCUT2D eigenvalue weighted by Crippen LogP contribution is 2.17. The van der Waals surface area contributed by atoms with Crippen molar-refractivity contribution in [1.82, 2.24) is 4.90 Å². The van der Waals surface area contributed by atoms with Crippen LogP contribution >= 0.6 is 0 Å². The van der Waals surface area contributed by atoms with E-state index in [1.807, 2.05) is 0 Å². The Kier molecular flexibility index (Phi) is 3.98. The summed E-state index contributed by atoms with van der Waals surface area (Å²) in [5.41, 5.74) is 0.647. The maximum atomic E-state index is 13.2. The van der Waals surface area contributed by atoms with E-state index >= 15 is 0 Å². The van der Waals surface area contributed by atoms with Crippen molar-refractivity contribution in [2.24, 2.45) is 5.92 Å². The predicted octanol–water partition coefficient (Wildman–Crippen LogP) is 2.58. The number of likely N-dealkylation sites (tertiary alicyclic amines) is 1. The molecule has 1 aliphatic heterocycles. The maximum Gasteiger partial charge on any atom is 0.294 e. The second-order valence-electron chi connectivity index (χ2n) is 5.27. The lowest BCUT2D eigenvalue weighted by molar-refractivity contribution is -0.127. The molecular weight excluding hydrogens is 245 g/mol. The standard InChI is InChI=1S/C15H18FNO2/c1-10-5-7-17(8-6-10)15(19)14(18)12-3-4-13(16)11(2)9-12/h3-4,9-10H,5-8H2,1-2H3. The fourth-order valence-electron chi connectivity index (χ4n) is 2.26. The molecule has 0 aromatic heterocycles. The maximum absolute atomic E-state index is 13.2. The monoisotopic (exact) mass is 263 g/mol. The highest BCUT2D eigenvalue weighted by atomic mass is 19.1. The molecular formula is C15H18FNO2. The van der Waals surface area contributed by atoms with Gasteiger partial charge in [0.1, 0.15) is 5.82 Å². The number of hydrogen-bond acceptors (Lipinski definition) is 2. The van der Waals surface area contributed by atoms with Crippen LogP contribution in [0.25, 0.3) is 0 Å². The van der Waals surface area contributed by atoms with Crippen molar-refractivity contribution in [2.75, 3.05) is 13.1 Å². The lowest BCUT2D eigenvalue weighted by Crippen LogP contribution is -2.41. The molecule has 1 saturated heterocycles. The molecule has 0 spiro atoms. The smallest absolute Gasteiger partial charge is 0.294 e. The highest BCUT2D eigenvalue weighted by Gasteiger charge is 2.26. The molecule has 19 heavy (non-hydrogen) atoms. The second-order valence-corrected chi connectivity index (χ2v) is 5.27. The molecule has 2 rings (SSSR count). The molecule has 3 nitrogen and oxygen atoms in total. The van der Waals surface area contributed by atoms with Crippen LogP contribution in [0.4, 0.5) is 4.39 Å². The van der Waals surface area contributed by atoms with E-state index in [0.29, 0.717) is 24.6 Å². The minimum absolute atomic E-state index is 0.266. The molecule has 0 saturated carbocycles. The number of piperidine rings is 1. The van der Waals surface area contributed by atoms with Gasteiger partial charge in [-0.05, 0) is 49.4 Å². The Balaban J connectivity index is 2.10. The van der Waals surface area contributed by atoms with Crippen molar-refractivity contribution < 1.29 is 14.0 Å². The summed E-state index contributed by atoms with van der Waals surface area (Å²) in [5, 5.41) is 0. The number of amides is 1. The minimum Gasteiger partial charge on any atom is -0.336 e. The van der Waals surface area contributed by atoms with Gasteiger partial charge in [-0.1, -0.05) is 6.92 Å². The van der Waals surface area contributed by atoms with Gasteiger partial charge in [-0.15, -0.1) is 0 Å². The number of benzene rings is 1. The van der Waals surface area contributed by atoms with Gasteiger partial charge in [0, 0.05) is 18.7 Å². The molecule has 0 radical (unpaired) electrons. The number of ketones is 1. The summed E-state index contributed by atoms with van der Waals surface area (Å²) in [5.74, 6) is -0.779. The molecule has 1 aliphatic rings. The van der Waals surface area contributed by atoms with Crippen molar-refractivity contribution in [2.45, 2.75) is 26.7 Å². The van der Waals surface area contributed by atoms with Gasteiger partial charge in [-0.2, -0.15) is 0 Å². The van der Waals surface area contributed by atoms with Gasteiger partial charge in [-0.3, -0.25) is 9.59 Å². The van der Waals surface area contributed by atoms with Crippen LogP contribution in [0.3, 0.4) is 0 Å². The molecule has 1 heterocycles. The SMILES string of the molecule is Cc1cc(C(=O)C(=O)N2CCC(C)CC2)ccc1F. The summed E-state index contributed by atoms with van der Waals surface area (Å²) in [7, 11) is 0. The van der Waals surface area contributed by atoms with Gasteiger partial charge in [0.05, 0.1) is 0 Å². The molecule has 102 valence electrons. The average Bonchev–Trinajstić information content (AvgIpc) is 2.41. The number of aryl methyl sites for hydroxylation is 1. The molecule has 0 N–H and O–H groups in total. The molecule has 0 unspecified atom stereocenters. The van der Waals surface area contributed by atoms with Gasteiger partial charge in [-0.25, -0.2) is 4.39 Å². The summed E-state index contributed by atoms with van der Waals surface area (Å²) in [6.45, 7) is 4.99. The zero-order valence-electron chi connectivity index (χ0n) is 11.3. The Morgan fingerprint density at radius 3 is 2.47 bits per heavy atom. The van der Waals surface area contributed by atoms with Gasteiger partial charge in [0.15, 0.2) is 0 Å². The molecule has 4 heteroatoms. The number of rotatable bonds is 2. The number of carbonyl (C=O) groups is 2. The van der Waals surface area contributed by atoms with Gasteiger partial charge in [0.2, 0.25) is 5.78 Å². The Labute approximate surface area is 112 Å². The molecule has 1 fully saturated rings. The predicted molar refractivity (Wildman–Crippen MR) is 70.4 cm³/mol. The van der Waals surface area contributed by atoms with Crippen molar-refractivity contribution in [3.8, 4) is 0 Å². The van der Waals surface area contributed by atoms with Crippen LogP contribution in [0.5, 0.6) is 0 Å². The fraction of sp³-hybridized carbons (Fsp3) is 0.467. The number of carbonyl (C=O) groups excluding carboxylic acids is 2. The Morgan fingerprint density at radius 2 is 1.89 bits per heavy atom. The zero-order chi connectivity index (χ0) is 14.0. The van der Waals surface area contributed by atoms with Crippen molar-refractivity contribution in [3.05, 3.63) is 35.1 Å². The van der Waals surface area contributed by atoms with Crippen LogP contribution in [0, 0.1) is 18.7 Å². The number of Topliss-reactive ketones (excluding diaryl/α,β-unsaturated/α-hetero) is 1. The van der Waals surface area contributed by atoms with E-state index in [0.717, 1.165) is 12.8 Å². The molecule has 0 bridgehead atoms. The normalized spacial score (nSPS) is 16.5. The third-order valence-electron chi connectivity index (χ3n) is 3.69. The summed E-state index contributed by atoms with van der Waals surface area (Å²) in [6.07, 6.45) is 1.86. The summed E-state index contributed by atoms with van der Waals surface area (Å²) in [4.78, 5) is 25.8. The van der Waals surface area contributed by atoms with E-state index in [2.05, 4.69) is 6.92 Å². The van der Waals surface area contributed by atoms with Crippen LogP contribution in [0.2, 0.25) is 0 Å². The molecule has 1 amide bonds. The average molecular weight is 263 g/mol. The van der Waals surface area contributed by atoms with Crippen LogP contribution in [-0.4, -0.2) is 29.7 Å². The minimum atomic E-state index is -0.544. The van der Waals surface area contributed by atoms with Gasteiger partial charge in [0.25, 0.3) is 5.91 Å². The Hall–Kier alpha value is -1.71. The fourth-order valence-corrected chi connectivity index (χ4v) is 2.26. The lowest BCUT2D eigenvalue weighted by atomic mass is 9.98. The highest BCUT2D eigenvalue weighted by molar-refractivity contribution is 6.42. The third kappa shape index (κ3) is 3.00. The largest absolute Gasteiger partial charge is 0.336 e. The second kappa shape index (κ2) is 5.51. The number of hydrogen-bond donors (Lipinski definition) is 0. The Bertz CT molecular complexity index is 505. The number of halogens is 1. The zero-order valence-corrected chi connectivity index (χ0v) is 11.3. The summed E-state index contributed by atoms with van der Waals surface area (Å²) in [6, 6.07) is 4.03. The van der Waals surface area contributed by atoms with E-state index in [1.165, 1.54) is 18.2 Å². The van der Waals surface area contributed by atoms with E-state index in [-0.39, 0.29) is 11.4 Å². The van der Waals surface area contributed by atoms with Crippen LogP contribution in [0.1, 0.15) is 35.7 Å². The number of nitrogens with zero attached hydrogens (tertiary/aromatic N) is 1. The van der Waals surface area contributed by atoms with Crippen LogP contribution in [-0.2, 0) is 4.79 Å². The first-order valence-electron chi connectivity index (χ1n) is 6.59. The first kappa shape index (κ1) is 13.7. The Morgan fingerprint density at radius 1 is 1.26 bits per heavy atom. The van der Waals surface area contributed by atoms with Crippen LogP contribution < -0.4 is 0 Å². The molecule has 0 aliphatic carbocycles. The summed E-state index contributed by atoms with van der Waals surface area (Å²) < 4.78 is 13.2. The quantitative estimate of drug-likeness (QED) is 0.607. The van der Waals surface area contributed by atoms with Crippen molar-refractivity contribution in [3.63, 3.8) is 0 Å². The van der Waals surface area contributed by atoms with E-state index < -0.39 is 11.7 Å². The topological polar surface area (TPSA) is 37.4 Å². The molecule has 1 aromatic rings.